The van der Waals surface area contributed by atoms with E-state index in [-0.39, 0.29) is 22.7 Å². The molecule has 140 valence electrons. The fourth-order valence-electron chi connectivity index (χ4n) is 2.39. The standard InChI is InChI=1S/C18H12N4O6/c23-18(15-6-1-2-7-16(15)22(26)27)20-19-11-14-8-9-17(28-14)12-4-3-5-13(10-12)21(24)25/h1-11H,(H,20,23)/b19-11-. The third kappa shape index (κ3) is 4.07. The van der Waals surface area contributed by atoms with Crippen molar-refractivity contribution in [1.29, 1.82) is 0 Å². The van der Waals surface area contributed by atoms with Gasteiger partial charge < -0.3 is 4.42 Å². The molecule has 0 radical (unpaired) electrons. The molecule has 0 saturated carbocycles. The van der Waals surface area contributed by atoms with E-state index in [4.69, 9.17) is 4.42 Å². The van der Waals surface area contributed by atoms with E-state index in [1.807, 2.05) is 0 Å². The Kier molecular flexibility index (Phi) is 5.21. The van der Waals surface area contributed by atoms with Gasteiger partial charge in [-0.3, -0.25) is 25.0 Å². The summed E-state index contributed by atoms with van der Waals surface area (Å²) >= 11 is 0. The van der Waals surface area contributed by atoms with Crippen LogP contribution in [0.5, 0.6) is 0 Å². The van der Waals surface area contributed by atoms with Gasteiger partial charge in [-0.15, -0.1) is 0 Å². The van der Waals surface area contributed by atoms with Gasteiger partial charge in [-0.25, -0.2) is 5.43 Å². The minimum Gasteiger partial charge on any atom is -0.455 e. The number of hydrogen-bond donors (Lipinski definition) is 1. The van der Waals surface area contributed by atoms with Crippen molar-refractivity contribution in [2.24, 2.45) is 5.10 Å². The first-order chi connectivity index (χ1) is 13.5. The van der Waals surface area contributed by atoms with E-state index in [0.29, 0.717) is 11.3 Å². The maximum absolute atomic E-state index is 12.1. The minimum atomic E-state index is -0.742. The number of para-hydroxylation sites is 1. The fraction of sp³-hybridized carbons (Fsp3) is 0. The highest BCUT2D eigenvalue weighted by atomic mass is 16.6. The summed E-state index contributed by atoms with van der Waals surface area (Å²) in [5.74, 6) is -0.0754. The number of hydrazone groups is 1. The fourth-order valence-corrected chi connectivity index (χ4v) is 2.39. The van der Waals surface area contributed by atoms with Gasteiger partial charge in [0.25, 0.3) is 17.3 Å². The van der Waals surface area contributed by atoms with Crippen LogP contribution in [-0.2, 0) is 0 Å². The van der Waals surface area contributed by atoms with E-state index in [1.165, 1.54) is 48.7 Å². The van der Waals surface area contributed by atoms with Crippen molar-refractivity contribution in [3.63, 3.8) is 0 Å². The Morgan fingerprint density at radius 1 is 1.00 bits per heavy atom. The summed E-state index contributed by atoms with van der Waals surface area (Å²) in [5.41, 5.74) is 2.18. The van der Waals surface area contributed by atoms with Crippen molar-refractivity contribution in [1.82, 2.24) is 5.43 Å². The second-order valence-corrected chi connectivity index (χ2v) is 5.48. The van der Waals surface area contributed by atoms with Crippen LogP contribution in [0.1, 0.15) is 16.1 Å². The van der Waals surface area contributed by atoms with Crippen LogP contribution in [0.2, 0.25) is 0 Å². The lowest BCUT2D eigenvalue weighted by Crippen LogP contribution is -2.18. The highest BCUT2D eigenvalue weighted by Gasteiger charge is 2.18. The van der Waals surface area contributed by atoms with Gasteiger partial charge in [0.1, 0.15) is 17.1 Å². The molecule has 1 amide bonds. The van der Waals surface area contributed by atoms with Crippen LogP contribution >= 0.6 is 0 Å². The number of nitro groups is 2. The molecule has 0 fully saturated rings. The molecule has 0 aliphatic carbocycles. The largest absolute Gasteiger partial charge is 0.455 e. The van der Waals surface area contributed by atoms with E-state index in [2.05, 4.69) is 10.5 Å². The second kappa shape index (κ2) is 7.91. The maximum Gasteiger partial charge on any atom is 0.282 e. The second-order valence-electron chi connectivity index (χ2n) is 5.48. The Morgan fingerprint density at radius 3 is 2.54 bits per heavy atom. The van der Waals surface area contributed by atoms with E-state index in [1.54, 1.807) is 18.2 Å². The van der Waals surface area contributed by atoms with Crippen LogP contribution in [0.15, 0.2) is 70.2 Å². The number of nitrogens with zero attached hydrogens (tertiary/aromatic N) is 3. The first-order valence-electron chi connectivity index (χ1n) is 7.87. The van der Waals surface area contributed by atoms with Gasteiger partial charge in [0.2, 0.25) is 0 Å². The van der Waals surface area contributed by atoms with Crippen LogP contribution < -0.4 is 5.43 Å². The molecule has 10 heteroatoms. The third-order valence-corrected chi connectivity index (χ3v) is 3.67. The summed E-state index contributed by atoms with van der Waals surface area (Å²) in [6.45, 7) is 0. The lowest BCUT2D eigenvalue weighted by atomic mass is 10.1. The molecular weight excluding hydrogens is 368 g/mol. The van der Waals surface area contributed by atoms with E-state index in [0.717, 1.165) is 0 Å². The molecule has 1 heterocycles. The molecule has 1 aromatic heterocycles. The van der Waals surface area contributed by atoms with Crippen molar-refractivity contribution in [2.75, 3.05) is 0 Å². The molecule has 0 unspecified atom stereocenters. The molecule has 0 bridgehead atoms. The quantitative estimate of drug-likeness (QED) is 0.394. The summed E-state index contributed by atoms with van der Waals surface area (Å²) in [6, 6.07) is 14.6. The van der Waals surface area contributed by atoms with Gasteiger partial charge in [-0.2, -0.15) is 5.10 Å². The molecular formula is C18H12N4O6. The number of hydrogen-bond acceptors (Lipinski definition) is 7. The molecule has 2 aromatic carbocycles. The van der Waals surface area contributed by atoms with Crippen molar-refractivity contribution < 1.29 is 19.1 Å². The summed E-state index contributed by atoms with van der Waals surface area (Å²) in [7, 11) is 0. The monoisotopic (exact) mass is 380 g/mol. The molecule has 10 nitrogen and oxygen atoms in total. The van der Waals surface area contributed by atoms with Gasteiger partial charge >= 0.3 is 0 Å². The van der Waals surface area contributed by atoms with Crippen LogP contribution in [0, 0.1) is 20.2 Å². The topological polar surface area (TPSA) is 141 Å². The number of amides is 1. The number of carbonyl (C=O) groups is 1. The Morgan fingerprint density at radius 2 is 1.79 bits per heavy atom. The summed E-state index contributed by atoms with van der Waals surface area (Å²) < 4.78 is 5.52. The Hall–Kier alpha value is -4.34. The van der Waals surface area contributed by atoms with Gasteiger partial charge in [0.05, 0.1) is 16.1 Å². The molecule has 28 heavy (non-hydrogen) atoms. The summed E-state index contributed by atoms with van der Waals surface area (Å²) in [5, 5.41) is 25.5. The Bertz CT molecular complexity index is 1090. The van der Waals surface area contributed by atoms with Gasteiger partial charge in [0, 0.05) is 23.8 Å². The normalized spacial score (nSPS) is 10.7. The van der Waals surface area contributed by atoms with E-state index < -0.39 is 15.8 Å². The molecule has 0 aliphatic rings. The van der Waals surface area contributed by atoms with Gasteiger partial charge in [-0.05, 0) is 18.2 Å². The van der Waals surface area contributed by atoms with Crippen LogP contribution in [0.4, 0.5) is 11.4 Å². The van der Waals surface area contributed by atoms with Gasteiger partial charge in [0.15, 0.2) is 0 Å². The molecule has 3 aromatic rings. The number of benzene rings is 2. The highest BCUT2D eigenvalue weighted by molar-refractivity contribution is 5.98. The zero-order valence-electron chi connectivity index (χ0n) is 14.1. The molecule has 0 saturated heterocycles. The highest BCUT2D eigenvalue weighted by Crippen LogP contribution is 2.25. The zero-order valence-corrected chi connectivity index (χ0v) is 14.1. The van der Waals surface area contributed by atoms with E-state index in [9.17, 15) is 25.0 Å². The van der Waals surface area contributed by atoms with Crippen LogP contribution in [-0.4, -0.2) is 22.0 Å². The van der Waals surface area contributed by atoms with Crippen molar-refractivity contribution in [2.45, 2.75) is 0 Å². The predicted octanol–water partition coefficient (Wildman–Crippen LogP) is 3.53. The molecule has 1 N–H and O–H groups in total. The number of carbonyl (C=O) groups excluding carboxylic acids is 1. The van der Waals surface area contributed by atoms with Crippen molar-refractivity contribution >= 4 is 23.5 Å². The lowest BCUT2D eigenvalue weighted by molar-refractivity contribution is -0.385. The molecule has 0 atom stereocenters. The summed E-state index contributed by atoms with van der Waals surface area (Å²) in [4.78, 5) is 32.7. The van der Waals surface area contributed by atoms with Crippen LogP contribution in [0.3, 0.4) is 0 Å². The smallest absolute Gasteiger partial charge is 0.282 e. The lowest BCUT2D eigenvalue weighted by Gasteiger charge is -2.00. The number of furan rings is 1. The summed E-state index contributed by atoms with van der Waals surface area (Å²) in [6.07, 6.45) is 1.22. The molecule has 3 rings (SSSR count). The average molecular weight is 380 g/mol. The Labute approximate surface area is 157 Å². The SMILES string of the molecule is O=C(N/N=C\c1ccc(-c2cccc([N+](=O)[O-])c2)o1)c1ccccc1[N+](=O)[O-]. The number of nitro benzene ring substituents is 2. The zero-order chi connectivity index (χ0) is 20.1. The molecule has 0 spiro atoms. The van der Waals surface area contributed by atoms with E-state index >= 15 is 0 Å². The average Bonchev–Trinajstić information content (AvgIpc) is 3.17. The van der Waals surface area contributed by atoms with Crippen molar-refractivity contribution in [3.05, 3.63) is 92.2 Å². The van der Waals surface area contributed by atoms with Crippen molar-refractivity contribution in [3.8, 4) is 11.3 Å². The number of rotatable bonds is 6. The van der Waals surface area contributed by atoms with Gasteiger partial charge in [-0.1, -0.05) is 24.3 Å². The third-order valence-electron chi connectivity index (χ3n) is 3.67. The number of non-ortho nitro benzene ring substituents is 1. The number of nitrogens with one attached hydrogen (secondary N) is 1. The first kappa shape index (κ1) is 18.5. The van der Waals surface area contributed by atoms with Crippen LogP contribution in [0.25, 0.3) is 11.3 Å². The molecule has 0 aliphatic heterocycles. The Balaban J connectivity index is 1.71. The minimum absolute atomic E-state index is 0.0687. The first-order valence-corrected chi connectivity index (χ1v) is 7.87. The maximum atomic E-state index is 12.1. The predicted molar refractivity (Wildman–Crippen MR) is 99.0 cm³/mol.